The number of carbonyl (C=O) groups is 1. The maximum Gasteiger partial charge on any atom is 0.253 e. The number of amides is 1. The Balaban J connectivity index is 1.32. The van der Waals surface area contributed by atoms with Gasteiger partial charge in [0.15, 0.2) is 0 Å². The van der Waals surface area contributed by atoms with Gasteiger partial charge in [-0.3, -0.25) is 9.78 Å². The summed E-state index contributed by atoms with van der Waals surface area (Å²) >= 11 is 0. The van der Waals surface area contributed by atoms with E-state index in [0.717, 1.165) is 53.3 Å². The van der Waals surface area contributed by atoms with Crippen LogP contribution in [0, 0.1) is 0 Å². The number of anilines is 1. The second kappa shape index (κ2) is 8.19. The number of carbonyl (C=O) groups excluding carboxylic acids is 1. The maximum atomic E-state index is 12.0. The number of hydrogen-bond donors (Lipinski definition) is 2. The van der Waals surface area contributed by atoms with Gasteiger partial charge < -0.3 is 15.2 Å². The molecular formula is C25H26N4O. The molecule has 0 aliphatic carbocycles. The first-order valence-corrected chi connectivity index (χ1v) is 10.8. The third kappa shape index (κ3) is 3.88. The molecule has 5 rings (SSSR count). The fourth-order valence-corrected chi connectivity index (χ4v) is 4.29. The van der Waals surface area contributed by atoms with E-state index in [0.29, 0.717) is 6.54 Å². The Labute approximate surface area is 176 Å². The quantitative estimate of drug-likeness (QED) is 0.679. The lowest BCUT2D eigenvalue weighted by Crippen LogP contribution is -2.31. The molecule has 0 radical (unpaired) electrons. The summed E-state index contributed by atoms with van der Waals surface area (Å²) in [4.78, 5) is 22.4. The van der Waals surface area contributed by atoms with Gasteiger partial charge in [0.1, 0.15) is 0 Å². The number of piperidine rings is 1. The third-order valence-electron chi connectivity index (χ3n) is 5.96. The molecule has 1 amide bonds. The standard InChI is InChI=1S/C25H26N4O/c30-25-22-17-24(28-23(22)11-13-27-25)19-10-12-26-20(16-19)7-4-18-5-8-21(9-6-18)29-14-2-1-3-15-29/h4-10,12,16-17,28H,1-3,11,13-15H2,(H,27,30). The van der Waals surface area contributed by atoms with E-state index in [-0.39, 0.29) is 5.91 Å². The second-order valence-corrected chi connectivity index (χ2v) is 8.02. The molecule has 0 atom stereocenters. The van der Waals surface area contributed by atoms with Crippen LogP contribution in [0.15, 0.2) is 48.7 Å². The molecule has 3 aromatic rings. The Kier molecular flexibility index (Phi) is 5.10. The van der Waals surface area contributed by atoms with Crippen LogP contribution in [0.1, 0.15) is 46.6 Å². The Morgan fingerprint density at radius 3 is 2.60 bits per heavy atom. The van der Waals surface area contributed by atoms with Gasteiger partial charge in [-0.1, -0.05) is 18.2 Å². The fourth-order valence-electron chi connectivity index (χ4n) is 4.29. The summed E-state index contributed by atoms with van der Waals surface area (Å²) < 4.78 is 0. The molecule has 5 nitrogen and oxygen atoms in total. The minimum atomic E-state index is 0.000857. The van der Waals surface area contributed by atoms with Gasteiger partial charge in [0.25, 0.3) is 5.91 Å². The molecule has 5 heteroatoms. The highest BCUT2D eigenvalue weighted by molar-refractivity contribution is 5.97. The van der Waals surface area contributed by atoms with Gasteiger partial charge in [0.2, 0.25) is 0 Å². The summed E-state index contributed by atoms with van der Waals surface area (Å²) in [5.41, 5.74) is 7.12. The number of fused-ring (bicyclic) bond motifs is 1. The number of rotatable bonds is 4. The molecule has 2 aliphatic heterocycles. The average Bonchev–Trinajstić information content (AvgIpc) is 3.25. The van der Waals surface area contributed by atoms with E-state index in [4.69, 9.17) is 0 Å². The van der Waals surface area contributed by atoms with Crippen LogP contribution in [-0.4, -0.2) is 35.5 Å². The molecule has 2 aliphatic rings. The van der Waals surface area contributed by atoms with E-state index < -0.39 is 0 Å². The highest BCUT2D eigenvalue weighted by Gasteiger charge is 2.19. The summed E-state index contributed by atoms with van der Waals surface area (Å²) in [6.07, 6.45) is 10.7. The van der Waals surface area contributed by atoms with Crippen molar-refractivity contribution in [3.63, 3.8) is 0 Å². The molecule has 0 bridgehead atoms. The van der Waals surface area contributed by atoms with Crippen LogP contribution < -0.4 is 10.2 Å². The number of hydrogen-bond acceptors (Lipinski definition) is 3. The summed E-state index contributed by atoms with van der Waals surface area (Å²) in [6.45, 7) is 3.01. The van der Waals surface area contributed by atoms with Crippen LogP contribution >= 0.6 is 0 Å². The van der Waals surface area contributed by atoms with Crippen LogP contribution in [-0.2, 0) is 6.42 Å². The Morgan fingerprint density at radius 1 is 0.967 bits per heavy atom. The minimum absolute atomic E-state index is 0.000857. The van der Waals surface area contributed by atoms with Gasteiger partial charge in [-0.05, 0) is 61.2 Å². The Bertz CT molecular complexity index is 1070. The fraction of sp³-hybridized carbons (Fsp3) is 0.280. The summed E-state index contributed by atoms with van der Waals surface area (Å²) in [5.74, 6) is 0.000857. The summed E-state index contributed by atoms with van der Waals surface area (Å²) in [6, 6.07) is 14.7. The van der Waals surface area contributed by atoms with Crippen molar-refractivity contribution in [2.24, 2.45) is 0 Å². The first kappa shape index (κ1) is 18.7. The van der Waals surface area contributed by atoms with Crippen LogP contribution in [0.25, 0.3) is 23.4 Å². The van der Waals surface area contributed by atoms with Crippen molar-refractivity contribution < 1.29 is 4.79 Å². The van der Waals surface area contributed by atoms with Crippen LogP contribution in [0.4, 0.5) is 5.69 Å². The smallest absolute Gasteiger partial charge is 0.253 e. The van der Waals surface area contributed by atoms with Crippen molar-refractivity contribution in [1.82, 2.24) is 15.3 Å². The molecule has 1 aromatic carbocycles. The molecule has 152 valence electrons. The van der Waals surface area contributed by atoms with E-state index >= 15 is 0 Å². The molecule has 1 saturated heterocycles. The lowest BCUT2D eigenvalue weighted by Gasteiger charge is -2.28. The highest BCUT2D eigenvalue weighted by atomic mass is 16.1. The van der Waals surface area contributed by atoms with Gasteiger partial charge in [0.05, 0.1) is 11.3 Å². The number of aromatic amines is 1. The number of nitrogens with zero attached hydrogens (tertiary/aromatic N) is 2. The first-order chi connectivity index (χ1) is 14.8. The summed E-state index contributed by atoms with van der Waals surface area (Å²) in [7, 11) is 0. The van der Waals surface area contributed by atoms with Gasteiger partial charge in [-0.25, -0.2) is 0 Å². The monoisotopic (exact) mass is 398 g/mol. The van der Waals surface area contributed by atoms with Crippen LogP contribution in [0.2, 0.25) is 0 Å². The topological polar surface area (TPSA) is 61.0 Å². The molecule has 1 fully saturated rings. The molecule has 2 aromatic heterocycles. The SMILES string of the molecule is O=C1NCCc2[nH]c(-c3ccnc(C=Cc4ccc(N5CCCCC5)cc4)c3)cc21. The molecule has 0 spiro atoms. The molecule has 2 N–H and O–H groups in total. The number of pyridine rings is 1. The van der Waals surface area contributed by atoms with Crippen molar-refractivity contribution >= 4 is 23.7 Å². The summed E-state index contributed by atoms with van der Waals surface area (Å²) in [5, 5.41) is 2.89. The van der Waals surface area contributed by atoms with Crippen molar-refractivity contribution in [3.05, 3.63) is 71.2 Å². The van der Waals surface area contributed by atoms with E-state index in [2.05, 4.69) is 50.5 Å². The third-order valence-corrected chi connectivity index (χ3v) is 5.96. The average molecular weight is 399 g/mol. The molecule has 4 heterocycles. The predicted octanol–water partition coefficient (Wildman–Crippen LogP) is 4.52. The molecule has 0 unspecified atom stereocenters. The molecular weight excluding hydrogens is 372 g/mol. The lowest BCUT2D eigenvalue weighted by atomic mass is 10.1. The number of H-pyrrole nitrogens is 1. The van der Waals surface area contributed by atoms with E-state index in [1.54, 1.807) is 0 Å². The van der Waals surface area contributed by atoms with Gasteiger partial charge >= 0.3 is 0 Å². The Hall–Kier alpha value is -3.34. The van der Waals surface area contributed by atoms with Gasteiger partial charge in [-0.15, -0.1) is 0 Å². The normalized spacial score (nSPS) is 16.5. The van der Waals surface area contributed by atoms with Crippen LogP contribution in [0.5, 0.6) is 0 Å². The minimum Gasteiger partial charge on any atom is -0.372 e. The number of benzene rings is 1. The molecule has 30 heavy (non-hydrogen) atoms. The van der Waals surface area contributed by atoms with Crippen LogP contribution in [0.3, 0.4) is 0 Å². The highest BCUT2D eigenvalue weighted by Crippen LogP contribution is 2.25. The van der Waals surface area contributed by atoms with E-state index in [1.165, 1.54) is 24.9 Å². The van der Waals surface area contributed by atoms with Crippen molar-refractivity contribution in [1.29, 1.82) is 0 Å². The van der Waals surface area contributed by atoms with Gasteiger partial charge in [-0.2, -0.15) is 0 Å². The zero-order chi connectivity index (χ0) is 20.3. The lowest BCUT2D eigenvalue weighted by molar-refractivity contribution is 0.0946. The van der Waals surface area contributed by atoms with Crippen molar-refractivity contribution in [2.75, 3.05) is 24.5 Å². The number of nitrogens with one attached hydrogen (secondary N) is 2. The molecule has 0 saturated carbocycles. The van der Waals surface area contributed by atoms with E-state index in [9.17, 15) is 4.79 Å². The number of aromatic nitrogens is 2. The van der Waals surface area contributed by atoms with E-state index in [1.807, 2.05) is 30.5 Å². The second-order valence-electron chi connectivity index (χ2n) is 8.02. The predicted molar refractivity (Wildman–Crippen MR) is 121 cm³/mol. The Morgan fingerprint density at radius 2 is 1.80 bits per heavy atom. The largest absolute Gasteiger partial charge is 0.372 e. The first-order valence-electron chi connectivity index (χ1n) is 10.8. The van der Waals surface area contributed by atoms with Crippen molar-refractivity contribution in [3.8, 4) is 11.3 Å². The maximum absolute atomic E-state index is 12.0. The van der Waals surface area contributed by atoms with Gasteiger partial charge in [0, 0.05) is 54.9 Å². The zero-order valence-electron chi connectivity index (χ0n) is 17.0. The zero-order valence-corrected chi connectivity index (χ0v) is 17.0. The van der Waals surface area contributed by atoms with Crippen molar-refractivity contribution in [2.45, 2.75) is 25.7 Å².